The summed E-state index contributed by atoms with van der Waals surface area (Å²) in [6.45, 7) is 61.5. The average Bonchev–Trinajstić information content (AvgIpc) is 1.14. The Morgan fingerprint density at radius 2 is 0.955 bits per heavy atom. The summed E-state index contributed by atoms with van der Waals surface area (Å²) in [5, 5.41) is 22.5. The van der Waals surface area contributed by atoms with Crippen molar-refractivity contribution in [2.24, 2.45) is 50.7 Å². The lowest BCUT2D eigenvalue weighted by molar-refractivity contribution is -0.0703. The van der Waals surface area contributed by atoms with Gasteiger partial charge in [0.1, 0.15) is 23.3 Å². The van der Waals surface area contributed by atoms with Gasteiger partial charge in [-0.05, 0) is 254 Å². The first kappa shape index (κ1) is 128. The Kier molecular flexibility index (Phi) is 72.2. The molecule has 22 heteroatoms. The number of aromatic nitrogens is 5. The van der Waals surface area contributed by atoms with Gasteiger partial charge in [-0.25, -0.2) is 20.0 Å². The Morgan fingerprint density at radius 3 is 1.24 bits per heavy atom. The molecule has 0 atom stereocenters. The number of piperidine rings is 1. The fourth-order valence-electron chi connectivity index (χ4n) is 11.7. The maximum atomic E-state index is 4.31. The van der Waals surface area contributed by atoms with Crippen molar-refractivity contribution < 1.29 is 0 Å². The highest BCUT2D eigenvalue weighted by Crippen LogP contribution is 2.38. The number of allylic oxidation sites excluding steroid dienone is 4. The van der Waals surface area contributed by atoms with E-state index >= 15 is 0 Å². The molecule has 1 aliphatic carbocycles. The molecule has 3 saturated heterocycles. The van der Waals surface area contributed by atoms with Gasteiger partial charge in [-0.2, -0.15) is 15.3 Å². The smallest absolute Gasteiger partial charge is 0.147 e. The molecule has 10 heterocycles. The van der Waals surface area contributed by atoms with Crippen LogP contribution in [0.25, 0.3) is 0 Å². The van der Waals surface area contributed by atoms with Crippen molar-refractivity contribution in [3.05, 3.63) is 73.6 Å². The monoisotopic (exact) mass is 1560 g/mol. The molecule has 0 aromatic carbocycles. The summed E-state index contributed by atoms with van der Waals surface area (Å²) in [4.78, 5) is 37.3. The number of amidine groups is 2. The number of aliphatic imine (C=N–C) groups is 2. The summed E-state index contributed by atoms with van der Waals surface area (Å²) in [5.74, 6) is 5.98. The Balaban J connectivity index is -0.000000108. The highest BCUT2D eigenvalue weighted by Gasteiger charge is 2.44. The maximum Gasteiger partial charge on any atom is 0.147 e. The molecule has 110 heavy (non-hydrogen) atoms. The number of hydrogen-bond donors (Lipinski definition) is 0. The molecule has 11 rings (SSSR count). The lowest BCUT2D eigenvalue weighted by Crippen LogP contribution is -2.63. The molecule has 0 saturated carbocycles. The van der Waals surface area contributed by atoms with Gasteiger partial charge in [-0.15, -0.1) is 5.10 Å². The molecule has 3 fully saturated rings. The normalized spacial score (nSPS) is 19.3. The summed E-state index contributed by atoms with van der Waals surface area (Å²) in [7, 11) is 31.1. The zero-order valence-electron chi connectivity index (χ0n) is 70.9. The van der Waals surface area contributed by atoms with E-state index in [4.69, 9.17) is 0 Å². The van der Waals surface area contributed by atoms with E-state index in [9.17, 15) is 0 Å². The SMILES string of the molecule is C.C.C.C.C.C.C.C.C.C.C.CC1=C(C)CN(C)CC1.CC1=C(C)N(C)CC1.CC1=NCN(C)CN1C.CC1=NN(C)CC(C)=C1C.CC1=NN=C(C)N(C)C1.CC1CCN(C)CC1.CN1CN(C)C(C)(C)C(C)(C)C1.CN1CN(C)N(C)C1.CN=C1CCC(C)=C1C.Cc1nc(C)n(C)c1C.Cc1nc(C)n(C)n1. The molecule has 0 spiro atoms. The number of rotatable bonds is 0. The molecule has 2 aromatic rings. The van der Waals surface area contributed by atoms with Crippen LogP contribution in [0.3, 0.4) is 0 Å². The maximum absolute atomic E-state index is 4.31. The van der Waals surface area contributed by atoms with Crippen molar-refractivity contribution in [2.45, 2.75) is 278 Å². The molecule has 0 amide bonds. The fourth-order valence-corrected chi connectivity index (χ4v) is 11.7. The van der Waals surface area contributed by atoms with Gasteiger partial charge in [-0.1, -0.05) is 125 Å². The van der Waals surface area contributed by atoms with E-state index in [1.165, 1.54) is 111 Å². The molecule has 9 aliphatic rings. The molecular formula is C88H194N22. The number of likely N-dealkylation sites (tertiary alicyclic amines) is 1. The van der Waals surface area contributed by atoms with Crippen molar-refractivity contribution in [2.75, 3.05) is 177 Å². The first-order valence-corrected chi connectivity index (χ1v) is 36.2. The zero-order chi connectivity index (χ0) is 76.1. The van der Waals surface area contributed by atoms with Crippen LogP contribution >= 0.6 is 0 Å². The highest BCUT2D eigenvalue weighted by molar-refractivity contribution is 6.02. The van der Waals surface area contributed by atoms with Crippen LogP contribution in [0.1, 0.15) is 267 Å². The summed E-state index contributed by atoms with van der Waals surface area (Å²) < 4.78 is 3.85. The van der Waals surface area contributed by atoms with Crippen LogP contribution in [0.15, 0.2) is 70.0 Å². The van der Waals surface area contributed by atoms with Crippen molar-refractivity contribution in [3.8, 4) is 0 Å². The second kappa shape index (κ2) is 62.0. The Bertz CT molecular complexity index is 2990. The second-order valence-electron chi connectivity index (χ2n) is 30.9. The number of hydrogen-bond acceptors (Lipinski definition) is 20. The van der Waals surface area contributed by atoms with Crippen LogP contribution in [-0.4, -0.2) is 295 Å². The van der Waals surface area contributed by atoms with Gasteiger partial charge in [0.05, 0.1) is 69.4 Å². The molecule has 2 aromatic heterocycles. The van der Waals surface area contributed by atoms with Crippen LogP contribution in [0.4, 0.5) is 0 Å². The lowest BCUT2D eigenvalue weighted by atomic mass is 9.72. The minimum atomic E-state index is 0. The van der Waals surface area contributed by atoms with Gasteiger partial charge < -0.3 is 29.1 Å². The van der Waals surface area contributed by atoms with Gasteiger partial charge in [0, 0.05) is 112 Å². The van der Waals surface area contributed by atoms with Crippen LogP contribution in [-0.2, 0) is 14.1 Å². The van der Waals surface area contributed by atoms with Gasteiger partial charge in [0.15, 0.2) is 0 Å². The number of hydrazine groups is 1. The first-order valence-electron chi connectivity index (χ1n) is 36.2. The number of nitrogens with zero attached hydrogens (tertiary/aromatic N) is 22. The molecule has 8 aliphatic heterocycles. The van der Waals surface area contributed by atoms with E-state index in [2.05, 4.69) is 273 Å². The van der Waals surface area contributed by atoms with Crippen LogP contribution in [0.5, 0.6) is 0 Å². The van der Waals surface area contributed by atoms with E-state index in [0.29, 0.717) is 11.0 Å². The van der Waals surface area contributed by atoms with Gasteiger partial charge in [-0.3, -0.25) is 39.3 Å². The zero-order valence-corrected chi connectivity index (χ0v) is 70.9. The average molecular weight is 1560 g/mol. The molecule has 0 bridgehead atoms. The third-order valence-electron chi connectivity index (χ3n) is 21.2. The number of likely N-dealkylation sites (N-methyl/N-ethyl adjacent to an activating group) is 2. The van der Waals surface area contributed by atoms with E-state index in [1.807, 2.05) is 88.7 Å². The molecule has 0 unspecified atom stereocenters. The third-order valence-corrected chi connectivity index (χ3v) is 21.2. The van der Waals surface area contributed by atoms with E-state index in [1.54, 1.807) is 21.4 Å². The van der Waals surface area contributed by atoms with Crippen molar-refractivity contribution >= 4 is 28.8 Å². The van der Waals surface area contributed by atoms with E-state index in [0.717, 1.165) is 105 Å². The Hall–Kier alpha value is -5.46. The Morgan fingerprint density at radius 1 is 0.436 bits per heavy atom. The van der Waals surface area contributed by atoms with Crippen LogP contribution in [0.2, 0.25) is 0 Å². The van der Waals surface area contributed by atoms with Gasteiger partial charge >= 0.3 is 0 Å². The minimum absolute atomic E-state index is 0. The fraction of sp³-hybridized carbons (Fsp3) is 0.795. The Labute approximate surface area is 688 Å². The third kappa shape index (κ3) is 46.0. The standard InChI is InChI=1S/C10H22N2.C8H14N2.C8H15N.C8H13N.C7H12N2.C7H13N.C7H15N.C6H13N3.C6H11N3.C5H13N3.C5H9N3.11CH4/c1-9(2)7-11(5)8-12(6)10(9,3)4;1-6-5-10(4)9-8(3)7(6)2;1-7-4-5-9(3)6-8(7)2;1-6-4-5-8(9-3)7(6)2;1-5-6(2)9(4)7(3)8-5;1-6-4-5-8(3)7(6)2;1-7-3-5-8(2)6-4-7;1-6-7-4-8(2)5-9(6)3;1-5-4-9(3)6(2)8-7-5;1-6-4-7(2)8(3)5-6;1-4-6-5(2)8(3)7-4;;;;;;;;;;;/h7-8H2,1-6H3;5H2,1-4H3;4-6H2,1-3H3;4-5H2,1-3H3;1-4H3;4-5H2,1-3H3;7H,3-6H2,1-2H3;4-5H2,1-3H3;4H2,1-3H3;4-5H2,1-3H3;1-3H3;11*1H4. The quantitative estimate of drug-likeness (QED) is 0.230. The molecule has 0 radical (unpaired) electrons. The van der Waals surface area contributed by atoms with Crippen LogP contribution < -0.4 is 0 Å². The molecule has 656 valence electrons. The summed E-state index contributed by atoms with van der Waals surface area (Å²) in [6.07, 6.45) is 7.71. The highest BCUT2D eigenvalue weighted by atomic mass is 15.7. The predicted octanol–water partition coefficient (Wildman–Crippen LogP) is 19.4. The van der Waals surface area contributed by atoms with E-state index < -0.39 is 0 Å². The summed E-state index contributed by atoms with van der Waals surface area (Å²) in [5.41, 5.74) is 18.4. The van der Waals surface area contributed by atoms with Gasteiger partial charge in [0.2, 0.25) is 0 Å². The van der Waals surface area contributed by atoms with Gasteiger partial charge in [0.25, 0.3) is 0 Å². The van der Waals surface area contributed by atoms with E-state index in [-0.39, 0.29) is 81.7 Å². The molecule has 22 nitrogen and oxygen atoms in total. The number of hydrazone groups is 1. The van der Waals surface area contributed by atoms with Crippen LogP contribution in [0, 0.1) is 46.0 Å². The number of imidazole rings is 1. The first-order chi connectivity index (χ1) is 45.8. The molecule has 0 N–H and O–H groups in total. The minimum Gasteiger partial charge on any atom is -0.378 e. The summed E-state index contributed by atoms with van der Waals surface area (Å²) >= 11 is 0. The topological polar surface area (TPSA) is 149 Å². The predicted molar refractivity (Wildman–Crippen MR) is 502 cm³/mol. The number of aryl methyl sites for hydroxylation is 5. The van der Waals surface area contributed by atoms with Crippen molar-refractivity contribution in [1.29, 1.82) is 0 Å². The second-order valence-corrected chi connectivity index (χ2v) is 30.9. The lowest BCUT2D eigenvalue weighted by Gasteiger charge is -2.54. The van der Waals surface area contributed by atoms with Crippen molar-refractivity contribution in [3.63, 3.8) is 0 Å². The molecular weight excluding hydrogens is 1370 g/mol. The van der Waals surface area contributed by atoms with Crippen molar-refractivity contribution in [1.82, 2.24) is 83.4 Å². The summed E-state index contributed by atoms with van der Waals surface area (Å²) in [6, 6.07) is 0. The largest absolute Gasteiger partial charge is 0.378 e.